The van der Waals surface area contributed by atoms with Gasteiger partial charge < -0.3 is 11.1 Å². The molecule has 0 spiro atoms. The van der Waals surface area contributed by atoms with E-state index in [0.717, 1.165) is 11.3 Å². The molecule has 4 nitrogen and oxygen atoms in total. The van der Waals surface area contributed by atoms with E-state index in [1.54, 1.807) is 5.38 Å². The lowest BCUT2D eigenvalue weighted by atomic mass is 10.2. The van der Waals surface area contributed by atoms with Gasteiger partial charge in [0.1, 0.15) is 0 Å². The quantitative estimate of drug-likeness (QED) is 0.873. The summed E-state index contributed by atoms with van der Waals surface area (Å²) in [5.74, 6) is -0.0791. The third-order valence-corrected chi connectivity index (χ3v) is 3.05. The topological polar surface area (TPSA) is 68.0 Å². The molecule has 0 saturated carbocycles. The second-order valence-corrected chi connectivity index (χ2v) is 4.61. The molecule has 0 saturated heterocycles. The first-order chi connectivity index (χ1) is 8.15. The minimum atomic E-state index is -0.0791. The smallest absolute Gasteiger partial charge is 0.230 e. The van der Waals surface area contributed by atoms with Crippen molar-refractivity contribution in [3.8, 4) is 0 Å². The molecule has 2 rings (SSSR count). The van der Waals surface area contributed by atoms with Crippen LogP contribution in [0.1, 0.15) is 11.3 Å². The van der Waals surface area contributed by atoms with Gasteiger partial charge in [0, 0.05) is 11.1 Å². The first-order valence-corrected chi connectivity index (χ1v) is 6.08. The number of amides is 1. The van der Waals surface area contributed by atoms with Gasteiger partial charge >= 0.3 is 0 Å². The Morgan fingerprint density at radius 1 is 1.47 bits per heavy atom. The molecule has 0 unspecified atom stereocenters. The number of nitrogens with zero attached hydrogens (tertiary/aromatic N) is 1. The Morgan fingerprint density at radius 2 is 2.24 bits per heavy atom. The van der Waals surface area contributed by atoms with Crippen LogP contribution in [0.3, 0.4) is 0 Å². The number of thiazole rings is 1. The lowest BCUT2D eigenvalue weighted by molar-refractivity contribution is -0.115. The molecule has 0 aliphatic heterocycles. The SMILES string of the molecule is Cc1ccccc1NC(=O)Cc1csc(N)n1. The average Bonchev–Trinajstić information content (AvgIpc) is 2.67. The van der Waals surface area contributed by atoms with Gasteiger partial charge in [0.05, 0.1) is 12.1 Å². The number of nitrogen functional groups attached to an aromatic ring is 1. The van der Waals surface area contributed by atoms with Gasteiger partial charge in [0.15, 0.2) is 5.13 Å². The zero-order chi connectivity index (χ0) is 12.3. The molecule has 0 fully saturated rings. The zero-order valence-electron chi connectivity index (χ0n) is 9.43. The molecule has 0 radical (unpaired) electrons. The van der Waals surface area contributed by atoms with E-state index in [2.05, 4.69) is 10.3 Å². The van der Waals surface area contributed by atoms with Crippen molar-refractivity contribution in [2.45, 2.75) is 13.3 Å². The van der Waals surface area contributed by atoms with Crippen molar-refractivity contribution >= 4 is 28.1 Å². The highest BCUT2D eigenvalue weighted by Crippen LogP contribution is 2.15. The van der Waals surface area contributed by atoms with E-state index in [0.29, 0.717) is 10.8 Å². The summed E-state index contributed by atoms with van der Waals surface area (Å²) < 4.78 is 0. The van der Waals surface area contributed by atoms with Gasteiger partial charge in [-0.3, -0.25) is 4.79 Å². The third-order valence-electron chi connectivity index (χ3n) is 2.33. The van der Waals surface area contributed by atoms with Crippen LogP contribution in [0.5, 0.6) is 0 Å². The summed E-state index contributed by atoms with van der Waals surface area (Å²) >= 11 is 1.34. The Labute approximate surface area is 103 Å². The molecular weight excluding hydrogens is 234 g/mol. The number of aromatic nitrogens is 1. The molecule has 1 aromatic heterocycles. The van der Waals surface area contributed by atoms with E-state index < -0.39 is 0 Å². The van der Waals surface area contributed by atoms with Crippen LogP contribution >= 0.6 is 11.3 Å². The van der Waals surface area contributed by atoms with Gasteiger partial charge in [0.25, 0.3) is 0 Å². The largest absolute Gasteiger partial charge is 0.375 e. The summed E-state index contributed by atoms with van der Waals surface area (Å²) in [5, 5.41) is 5.14. The number of aryl methyl sites for hydroxylation is 1. The van der Waals surface area contributed by atoms with Crippen molar-refractivity contribution in [1.29, 1.82) is 0 Å². The number of carbonyl (C=O) groups is 1. The first kappa shape index (κ1) is 11.6. The standard InChI is InChI=1S/C12H13N3OS/c1-8-4-2-3-5-10(8)15-11(16)6-9-7-17-12(13)14-9/h2-5,7H,6H2,1H3,(H2,13,14)(H,15,16). The zero-order valence-corrected chi connectivity index (χ0v) is 10.3. The summed E-state index contributed by atoms with van der Waals surface area (Å²) in [6.07, 6.45) is 0.252. The Bertz CT molecular complexity index is 536. The molecule has 0 aliphatic rings. The maximum Gasteiger partial charge on any atom is 0.230 e. The lowest BCUT2D eigenvalue weighted by Gasteiger charge is -2.06. The average molecular weight is 247 g/mol. The van der Waals surface area contributed by atoms with E-state index in [1.807, 2.05) is 31.2 Å². The lowest BCUT2D eigenvalue weighted by Crippen LogP contribution is -2.15. The van der Waals surface area contributed by atoms with Crippen molar-refractivity contribution in [2.75, 3.05) is 11.1 Å². The summed E-state index contributed by atoms with van der Waals surface area (Å²) in [7, 11) is 0. The van der Waals surface area contributed by atoms with Crippen LogP contribution in [0.25, 0.3) is 0 Å². The van der Waals surface area contributed by atoms with E-state index in [1.165, 1.54) is 11.3 Å². The Kier molecular flexibility index (Phi) is 3.39. The minimum Gasteiger partial charge on any atom is -0.375 e. The molecule has 17 heavy (non-hydrogen) atoms. The summed E-state index contributed by atoms with van der Waals surface area (Å²) in [6, 6.07) is 7.66. The van der Waals surface area contributed by atoms with Gasteiger partial charge in [-0.25, -0.2) is 4.98 Å². The van der Waals surface area contributed by atoms with Crippen LogP contribution in [0.4, 0.5) is 10.8 Å². The number of rotatable bonds is 3. The number of carbonyl (C=O) groups excluding carboxylic acids is 1. The van der Waals surface area contributed by atoms with Crippen LogP contribution in [0.2, 0.25) is 0 Å². The molecule has 1 heterocycles. The fraction of sp³-hybridized carbons (Fsp3) is 0.167. The van der Waals surface area contributed by atoms with Crippen molar-refractivity contribution in [3.05, 3.63) is 40.9 Å². The van der Waals surface area contributed by atoms with Gasteiger partial charge in [0.2, 0.25) is 5.91 Å². The second kappa shape index (κ2) is 4.97. The summed E-state index contributed by atoms with van der Waals surface area (Å²) in [5.41, 5.74) is 8.09. The monoisotopic (exact) mass is 247 g/mol. The summed E-state index contributed by atoms with van der Waals surface area (Å²) in [4.78, 5) is 15.8. The molecule has 2 aromatic rings. The van der Waals surface area contributed by atoms with Crippen molar-refractivity contribution < 1.29 is 4.79 Å². The molecule has 5 heteroatoms. The Morgan fingerprint density at radius 3 is 2.88 bits per heavy atom. The van der Waals surface area contributed by atoms with E-state index in [9.17, 15) is 4.79 Å². The number of hydrogen-bond acceptors (Lipinski definition) is 4. The van der Waals surface area contributed by atoms with Gasteiger partial charge in [-0.1, -0.05) is 18.2 Å². The molecule has 0 atom stereocenters. The fourth-order valence-corrected chi connectivity index (χ4v) is 2.04. The maximum absolute atomic E-state index is 11.8. The predicted molar refractivity (Wildman–Crippen MR) is 70.0 cm³/mol. The van der Waals surface area contributed by atoms with Crippen molar-refractivity contribution in [3.63, 3.8) is 0 Å². The molecule has 0 aliphatic carbocycles. The van der Waals surface area contributed by atoms with Gasteiger partial charge in [-0.15, -0.1) is 11.3 Å². The van der Waals surface area contributed by atoms with E-state index in [4.69, 9.17) is 5.73 Å². The Balaban J connectivity index is 2.01. The number of para-hydroxylation sites is 1. The Hall–Kier alpha value is -1.88. The van der Waals surface area contributed by atoms with Gasteiger partial charge in [-0.05, 0) is 18.6 Å². The number of benzene rings is 1. The van der Waals surface area contributed by atoms with E-state index >= 15 is 0 Å². The normalized spacial score (nSPS) is 10.2. The molecular formula is C12H13N3OS. The summed E-state index contributed by atoms with van der Waals surface area (Å²) in [6.45, 7) is 1.95. The molecule has 1 aromatic carbocycles. The van der Waals surface area contributed by atoms with Crippen molar-refractivity contribution in [1.82, 2.24) is 4.98 Å². The molecule has 3 N–H and O–H groups in total. The van der Waals surface area contributed by atoms with Crippen LogP contribution in [-0.2, 0) is 11.2 Å². The van der Waals surface area contributed by atoms with Gasteiger partial charge in [-0.2, -0.15) is 0 Å². The molecule has 1 amide bonds. The highest BCUT2D eigenvalue weighted by molar-refractivity contribution is 7.13. The third kappa shape index (κ3) is 3.04. The van der Waals surface area contributed by atoms with Crippen molar-refractivity contribution in [2.24, 2.45) is 0 Å². The van der Waals surface area contributed by atoms with E-state index in [-0.39, 0.29) is 12.3 Å². The fourth-order valence-electron chi connectivity index (χ4n) is 1.48. The predicted octanol–water partition coefficient (Wildman–Crippen LogP) is 2.21. The van der Waals surface area contributed by atoms with Crippen LogP contribution in [-0.4, -0.2) is 10.9 Å². The van der Waals surface area contributed by atoms with Crippen LogP contribution in [0.15, 0.2) is 29.6 Å². The van der Waals surface area contributed by atoms with Crippen LogP contribution in [0, 0.1) is 6.92 Å². The molecule has 88 valence electrons. The second-order valence-electron chi connectivity index (χ2n) is 3.72. The highest BCUT2D eigenvalue weighted by atomic mass is 32.1. The number of nitrogens with one attached hydrogen (secondary N) is 1. The van der Waals surface area contributed by atoms with Crippen LogP contribution < -0.4 is 11.1 Å². The maximum atomic E-state index is 11.8. The minimum absolute atomic E-state index is 0.0791. The molecule has 0 bridgehead atoms. The first-order valence-electron chi connectivity index (χ1n) is 5.20. The number of anilines is 2. The number of nitrogens with two attached hydrogens (primary N) is 1. The number of hydrogen-bond donors (Lipinski definition) is 2. The highest BCUT2D eigenvalue weighted by Gasteiger charge is 2.07.